The molecule has 0 aliphatic heterocycles. The van der Waals surface area contributed by atoms with Gasteiger partial charge in [-0.15, -0.1) is 11.3 Å². The van der Waals surface area contributed by atoms with E-state index in [9.17, 15) is 9.90 Å². The molecule has 2 aromatic rings. The van der Waals surface area contributed by atoms with Crippen LogP contribution in [0, 0.1) is 0 Å². The second kappa shape index (κ2) is 7.87. The van der Waals surface area contributed by atoms with E-state index in [1.807, 2.05) is 30.3 Å². The van der Waals surface area contributed by atoms with E-state index in [0.717, 1.165) is 10.6 Å². The van der Waals surface area contributed by atoms with E-state index in [-0.39, 0.29) is 19.1 Å². The number of hydrogen-bond acceptors (Lipinski definition) is 5. The van der Waals surface area contributed by atoms with Crippen molar-refractivity contribution in [1.82, 2.24) is 9.88 Å². The number of carbonyl (C=O) groups is 1. The van der Waals surface area contributed by atoms with Crippen LogP contribution in [0.3, 0.4) is 0 Å². The van der Waals surface area contributed by atoms with Gasteiger partial charge < -0.3 is 15.7 Å². The molecule has 0 saturated carbocycles. The van der Waals surface area contributed by atoms with Crippen molar-refractivity contribution in [2.75, 3.05) is 19.7 Å². The summed E-state index contributed by atoms with van der Waals surface area (Å²) >= 11 is 1.44. The van der Waals surface area contributed by atoms with Crippen molar-refractivity contribution in [2.24, 2.45) is 5.73 Å². The molecule has 1 aromatic carbocycles. The number of thiazole rings is 1. The lowest BCUT2D eigenvalue weighted by Crippen LogP contribution is -2.33. The SMILES string of the molecule is NCCc1nc(C(=O)N(CCO)Cc2ccccc2)cs1. The van der Waals surface area contributed by atoms with Crippen LogP contribution in [0.2, 0.25) is 0 Å². The van der Waals surface area contributed by atoms with Gasteiger partial charge in [0.1, 0.15) is 5.69 Å². The molecule has 0 fully saturated rings. The molecule has 2 rings (SSSR count). The van der Waals surface area contributed by atoms with Crippen molar-refractivity contribution in [1.29, 1.82) is 0 Å². The van der Waals surface area contributed by atoms with E-state index in [4.69, 9.17) is 5.73 Å². The lowest BCUT2D eigenvalue weighted by Gasteiger charge is -2.20. The highest BCUT2D eigenvalue weighted by atomic mass is 32.1. The molecular weight excluding hydrogens is 286 g/mol. The average molecular weight is 305 g/mol. The van der Waals surface area contributed by atoms with Crippen molar-refractivity contribution in [3.8, 4) is 0 Å². The molecule has 0 spiro atoms. The van der Waals surface area contributed by atoms with E-state index in [0.29, 0.717) is 25.2 Å². The molecule has 21 heavy (non-hydrogen) atoms. The second-order valence-corrected chi connectivity index (χ2v) is 5.54. The summed E-state index contributed by atoms with van der Waals surface area (Å²) < 4.78 is 0. The predicted molar refractivity (Wildman–Crippen MR) is 83.1 cm³/mol. The molecule has 1 aromatic heterocycles. The van der Waals surface area contributed by atoms with Crippen LogP contribution in [0.1, 0.15) is 21.1 Å². The van der Waals surface area contributed by atoms with Crippen LogP contribution in [0.5, 0.6) is 0 Å². The summed E-state index contributed by atoms with van der Waals surface area (Å²) in [4.78, 5) is 18.4. The third-order valence-electron chi connectivity index (χ3n) is 3.00. The number of amides is 1. The molecule has 0 aliphatic rings. The fourth-order valence-electron chi connectivity index (χ4n) is 1.99. The summed E-state index contributed by atoms with van der Waals surface area (Å²) in [7, 11) is 0. The summed E-state index contributed by atoms with van der Waals surface area (Å²) in [6.07, 6.45) is 0.677. The Bertz CT molecular complexity index is 571. The van der Waals surface area contributed by atoms with Crippen molar-refractivity contribution in [3.63, 3.8) is 0 Å². The molecule has 0 bridgehead atoms. The van der Waals surface area contributed by atoms with Gasteiger partial charge in [-0.1, -0.05) is 30.3 Å². The van der Waals surface area contributed by atoms with Crippen molar-refractivity contribution in [2.45, 2.75) is 13.0 Å². The first-order chi connectivity index (χ1) is 10.2. The summed E-state index contributed by atoms with van der Waals surface area (Å²) in [5.41, 5.74) is 6.94. The summed E-state index contributed by atoms with van der Waals surface area (Å²) in [5.74, 6) is -0.160. The van der Waals surface area contributed by atoms with E-state index in [2.05, 4.69) is 4.98 Å². The molecule has 0 radical (unpaired) electrons. The van der Waals surface area contributed by atoms with Gasteiger partial charge in [-0.2, -0.15) is 0 Å². The van der Waals surface area contributed by atoms with Crippen LogP contribution in [-0.2, 0) is 13.0 Å². The first-order valence-corrected chi connectivity index (χ1v) is 7.71. The normalized spacial score (nSPS) is 10.6. The Labute approximate surface area is 128 Å². The summed E-state index contributed by atoms with van der Waals surface area (Å²) in [5, 5.41) is 11.8. The van der Waals surface area contributed by atoms with Gasteiger partial charge in [0.2, 0.25) is 0 Å². The maximum Gasteiger partial charge on any atom is 0.273 e. The van der Waals surface area contributed by atoms with Gasteiger partial charge in [0.05, 0.1) is 11.6 Å². The Morgan fingerprint density at radius 3 is 2.76 bits per heavy atom. The molecule has 112 valence electrons. The zero-order valence-electron chi connectivity index (χ0n) is 11.7. The highest BCUT2D eigenvalue weighted by Crippen LogP contribution is 2.14. The Morgan fingerprint density at radius 2 is 2.10 bits per heavy atom. The minimum atomic E-state index is -0.160. The van der Waals surface area contributed by atoms with Crippen LogP contribution in [0.15, 0.2) is 35.7 Å². The van der Waals surface area contributed by atoms with E-state index in [1.54, 1.807) is 10.3 Å². The number of nitrogens with two attached hydrogens (primary N) is 1. The first kappa shape index (κ1) is 15.6. The predicted octanol–water partition coefficient (Wildman–Crippen LogP) is 1.28. The largest absolute Gasteiger partial charge is 0.395 e. The van der Waals surface area contributed by atoms with E-state index in [1.165, 1.54) is 11.3 Å². The van der Waals surface area contributed by atoms with Gasteiger partial charge in [0, 0.05) is 24.9 Å². The lowest BCUT2D eigenvalue weighted by atomic mass is 10.2. The molecule has 1 heterocycles. The van der Waals surface area contributed by atoms with Gasteiger partial charge in [0.25, 0.3) is 5.91 Å². The Morgan fingerprint density at radius 1 is 1.33 bits per heavy atom. The molecular formula is C15H19N3O2S. The highest BCUT2D eigenvalue weighted by molar-refractivity contribution is 7.09. The molecule has 0 unspecified atom stereocenters. The molecule has 0 atom stereocenters. The lowest BCUT2D eigenvalue weighted by molar-refractivity contribution is 0.0702. The topological polar surface area (TPSA) is 79.5 Å². The van der Waals surface area contributed by atoms with Crippen LogP contribution in [0.25, 0.3) is 0 Å². The number of rotatable bonds is 7. The Hall–Kier alpha value is -1.76. The van der Waals surface area contributed by atoms with Crippen LogP contribution >= 0.6 is 11.3 Å². The fourth-order valence-corrected chi connectivity index (χ4v) is 2.77. The molecule has 6 heteroatoms. The fraction of sp³-hybridized carbons (Fsp3) is 0.333. The molecule has 3 N–H and O–H groups in total. The van der Waals surface area contributed by atoms with Crippen molar-refractivity contribution in [3.05, 3.63) is 52.0 Å². The standard InChI is InChI=1S/C15H19N3O2S/c16-7-6-14-17-13(11-21-14)15(20)18(8-9-19)10-12-4-2-1-3-5-12/h1-5,11,19H,6-10,16H2. The zero-order chi connectivity index (χ0) is 15.1. The van der Waals surface area contributed by atoms with Gasteiger partial charge in [-0.05, 0) is 12.1 Å². The molecule has 5 nitrogen and oxygen atoms in total. The minimum Gasteiger partial charge on any atom is -0.395 e. The monoisotopic (exact) mass is 305 g/mol. The average Bonchev–Trinajstić information content (AvgIpc) is 2.96. The van der Waals surface area contributed by atoms with Crippen LogP contribution in [-0.4, -0.2) is 40.6 Å². The maximum atomic E-state index is 12.5. The number of aliphatic hydroxyl groups excluding tert-OH is 1. The Balaban J connectivity index is 2.10. The Kier molecular flexibility index (Phi) is 5.86. The molecule has 1 amide bonds. The minimum absolute atomic E-state index is 0.0711. The first-order valence-electron chi connectivity index (χ1n) is 6.83. The number of aromatic nitrogens is 1. The highest BCUT2D eigenvalue weighted by Gasteiger charge is 2.18. The number of benzene rings is 1. The van der Waals surface area contributed by atoms with Gasteiger partial charge in [-0.3, -0.25) is 4.79 Å². The summed E-state index contributed by atoms with van der Waals surface area (Å²) in [6, 6.07) is 9.70. The molecule has 0 aliphatic carbocycles. The van der Waals surface area contributed by atoms with Gasteiger partial charge in [0.15, 0.2) is 0 Å². The maximum absolute atomic E-state index is 12.5. The van der Waals surface area contributed by atoms with Gasteiger partial charge in [-0.25, -0.2) is 4.98 Å². The number of hydrogen-bond donors (Lipinski definition) is 2. The number of nitrogens with zero attached hydrogens (tertiary/aromatic N) is 2. The smallest absolute Gasteiger partial charge is 0.273 e. The third-order valence-corrected chi connectivity index (χ3v) is 3.91. The van der Waals surface area contributed by atoms with Gasteiger partial charge >= 0.3 is 0 Å². The van der Waals surface area contributed by atoms with Crippen LogP contribution < -0.4 is 5.73 Å². The van der Waals surface area contributed by atoms with E-state index >= 15 is 0 Å². The van der Waals surface area contributed by atoms with Crippen molar-refractivity contribution < 1.29 is 9.90 Å². The van der Waals surface area contributed by atoms with Crippen molar-refractivity contribution >= 4 is 17.2 Å². The second-order valence-electron chi connectivity index (χ2n) is 4.60. The quantitative estimate of drug-likeness (QED) is 0.807. The van der Waals surface area contributed by atoms with Crippen LogP contribution in [0.4, 0.5) is 0 Å². The molecule has 0 saturated heterocycles. The number of aliphatic hydroxyl groups is 1. The van der Waals surface area contributed by atoms with E-state index < -0.39 is 0 Å². The number of carbonyl (C=O) groups excluding carboxylic acids is 1. The zero-order valence-corrected chi connectivity index (χ0v) is 12.6. The summed E-state index contributed by atoms with van der Waals surface area (Å²) in [6.45, 7) is 1.20. The third kappa shape index (κ3) is 4.35.